The summed E-state index contributed by atoms with van der Waals surface area (Å²) in [6.45, 7) is 0.801. The van der Waals surface area contributed by atoms with Crippen molar-refractivity contribution in [1.82, 2.24) is 9.78 Å². The summed E-state index contributed by atoms with van der Waals surface area (Å²) < 4.78 is 12.7. The van der Waals surface area contributed by atoms with Gasteiger partial charge in [-0.05, 0) is 44.9 Å². The van der Waals surface area contributed by atoms with Gasteiger partial charge in [-0.25, -0.2) is 4.79 Å². The quantitative estimate of drug-likeness (QED) is 0.925. The Morgan fingerprint density at radius 2 is 2.10 bits per heavy atom. The Bertz CT molecular complexity index is 509. The Hall–Kier alpha value is -1.56. The smallest absolute Gasteiger partial charge is 0.331 e. The van der Waals surface area contributed by atoms with Crippen LogP contribution in [0.25, 0.3) is 0 Å². The van der Waals surface area contributed by atoms with Gasteiger partial charge in [0.15, 0.2) is 11.3 Å². The van der Waals surface area contributed by atoms with Crippen LogP contribution in [0.5, 0.6) is 5.75 Å². The zero-order valence-corrected chi connectivity index (χ0v) is 12.4. The normalized spacial score (nSPS) is 33.0. The predicted molar refractivity (Wildman–Crippen MR) is 75.4 cm³/mol. The van der Waals surface area contributed by atoms with E-state index in [-0.39, 0.29) is 5.60 Å². The molecule has 3 rings (SSSR count). The molecule has 0 radical (unpaired) electrons. The molecule has 2 aliphatic rings. The summed E-state index contributed by atoms with van der Waals surface area (Å²) in [4.78, 5) is 11.9. The maximum absolute atomic E-state index is 11.9. The highest BCUT2D eigenvalue weighted by atomic mass is 16.5. The van der Waals surface area contributed by atoms with Crippen LogP contribution in [0.2, 0.25) is 0 Å². The number of hydrogen-bond acceptors (Lipinski definition) is 4. The average Bonchev–Trinajstić information content (AvgIpc) is 2.98. The van der Waals surface area contributed by atoms with E-state index in [9.17, 15) is 9.90 Å². The number of carboxylic acid groups (broad SMARTS) is 1. The molecule has 0 bridgehead atoms. The summed E-state index contributed by atoms with van der Waals surface area (Å²) in [5, 5.41) is 14.0. The van der Waals surface area contributed by atoms with E-state index in [4.69, 9.17) is 9.47 Å². The van der Waals surface area contributed by atoms with Crippen molar-refractivity contribution in [2.24, 2.45) is 0 Å². The molecule has 21 heavy (non-hydrogen) atoms. The molecule has 1 saturated heterocycles. The van der Waals surface area contributed by atoms with Gasteiger partial charge in [0, 0.05) is 6.61 Å². The minimum Gasteiger partial charge on any atom is -0.493 e. The molecule has 1 saturated carbocycles. The summed E-state index contributed by atoms with van der Waals surface area (Å²) in [5.74, 6) is -0.233. The monoisotopic (exact) mass is 294 g/mol. The first kappa shape index (κ1) is 14.4. The van der Waals surface area contributed by atoms with Gasteiger partial charge in [0.05, 0.1) is 25.1 Å². The van der Waals surface area contributed by atoms with E-state index in [0.29, 0.717) is 18.6 Å². The number of aromatic nitrogens is 2. The molecule has 0 amide bonds. The molecule has 0 aromatic carbocycles. The zero-order valence-electron chi connectivity index (χ0n) is 12.4. The van der Waals surface area contributed by atoms with Gasteiger partial charge in [-0.3, -0.25) is 4.68 Å². The number of nitrogens with zero attached hydrogens (tertiary/aromatic N) is 2. The molecule has 116 valence electrons. The highest BCUT2D eigenvalue weighted by molar-refractivity contribution is 5.76. The van der Waals surface area contributed by atoms with Crippen LogP contribution in [0, 0.1) is 0 Å². The highest BCUT2D eigenvalue weighted by Crippen LogP contribution is 2.45. The first-order chi connectivity index (χ1) is 10.1. The molecule has 0 atom stereocenters. The minimum absolute atomic E-state index is 0.103. The third-order valence-corrected chi connectivity index (χ3v) is 5.05. The highest BCUT2D eigenvalue weighted by Gasteiger charge is 2.50. The summed E-state index contributed by atoms with van der Waals surface area (Å²) in [6, 6.07) is 0. The van der Waals surface area contributed by atoms with Crippen LogP contribution in [-0.2, 0) is 15.1 Å². The summed E-state index contributed by atoms with van der Waals surface area (Å²) in [5.41, 5.74) is -1.07. The van der Waals surface area contributed by atoms with Crippen LogP contribution in [0.15, 0.2) is 12.4 Å². The van der Waals surface area contributed by atoms with Crippen molar-refractivity contribution in [2.45, 2.75) is 56.1 Å². The van der Waals surface area contributed by atoms with Crippen molar-refractivity contribution in [3.63, 3.8) is 0 Å². The lowest BCUT2D eigenvalue weighted by molar-refractivity contribution is -0.159. The second-order valence-electron chi connectivity index (χ2n) is 6.15. The maximum Gasteiger partial charge on any atom is 0.331 e. The topological polar surface area (TPSA) is 73.6 Å². The summed E-state index contributed by atoms with van der Waals surface area (Å²) in [7, 11) is 1.56. The van der Waals surface area contributed by atoms with Gasteiger partial charge in [-0.1, -0.05) is 0 Å². The minimum atomic E-state index is -0.969. The van der Waals surface area contributed by atoms with Gasteiger partial charge >= 0.3 is 5.97 Å². The number of carbonyl (C=O) groups is 1. The molecule has 6 nitrogen and oxygen atoms in total. The molecule has 0 unspecified atom stereocenters. The molecular weight excluding hydrogens is 272 g/mol. The number of ether oxygens (including phenoxy) is 2. The zero-order chi connectivity index (χ0) is 14.9. The van der Waals surface area contributed by atoms with E-state index in [2.05, 4.69) is 5.10 Å². The van der Waals surface area contributed by atoms with Gasteiger partial charge < -0.3 is 14.6 Å². The fraction of sp³-hybridized carbons (Fsp3) is 0.733. The van der Waals surface area contributed by atoms with Gasteiger partial charge in [-0.2, -0.15) is 5.10 Å². The van der Waals surface area contributed by atoms with E-state index < -0.39 is 11.5 Å². The van der Waals surface area contributed by atoms with Gasteiger partial charge in [0.25, 0.3) is 0 Å². The lowest BCUT2D eigenvalue weighted by Gasteiger charge is -2.46. The average molecular weight is 294 g/mol. The summed E-state index contributed by atoms with van der Waals surface area (Å²) in [6.07, 6.45) is 9.23. The molecule has 1 aliphatic heterocycles. The first-order valence-electron chi connectivity index (χ1n) is 7.57. The third kappa shape index (κ3) is 2.41. The van der Waals surface area contributed by atoms with E-state index in [1.54, 1.807) is 24.2 Å². The standard InChI is InChI=1S/C15H22N2O4/c1-20-12-10-16-17(11-12)15(13(18)19)7-5-14(6-8-15)4-2-3-9-21-14/h10-11H,2-9H2,1H3,(H,18,19). The lowest BCUT2D eigenvalue weighted by Crippen LogP contribution is -2.51. The Kier molecular flexibility index (Phi) is 3.65. The van der Waals surface area contributed by atoms with Crippen molar-refractivity contribution in [1.29, 1.82) is 0 Å². The lowest BCUT2D eigenvalue weighted by atomic mass is 9.71. The van der Waals surface area contributed by atoms with Gasteiger partial charge in [0.2, 0.25) is 0 Å². The Morgan fingerprint density at radius 1 is 1.33 bits per heavy atom. The van der Waals surface area contributed by atoms with Crippen molar-refractivity contribution < 1.29 is 19.4 Å². The number of rotatable bonds is 3. The van der Waals surface area contributed by atoms with Gasteiger partial charge in [0.1, 0.15) is 0 Å². The fourth-order valence-corrected chi connectivity index (χ4v) is 3.61. The second-order valence-corrected chi connectivity index (χ2v) is 6.15. The fourth-order valence-electron chi connectivity index (χ4n) is 3.61. The van der Waals surface area contributed by atoms with E-state index in [0.717, 1.165) is 32.3 Å². The Morgan fingerprint density at radius 3 is 2.62 bits per heavy atom. The SMILES string of the molecule is COc1cnn(C2(C(=O)O)CCC3(CCCCO3)CC2)c1. The van der Waals surface area contributed by atoms with E-state index >= 15 is 0 Å². The third-order valence-electron chi connectivity index (χ3n) is 5.05. The van der Waals surface area contributed by atoms with E-state index in [1.165, 1.54) is 6.42 Å². The van der Waals surface area contributed by atoms with Crippen molar-refractivity contribution >= 4 is 5.97 Å². The Labute approximate surface area is 124 Å². The molecule has 2 heterocycles. The molecule has 1 aromatic rings. The van der Waals surface area contributed by atoms with Crippen LogP contribution in [0.4, 0.5) is 0 Å². The molecule has 1 N–H and O–H groups in total. The van der Waals surface area contributed by atoms with Crippen molar-refractivity contribution in [3.8, 4) is 5.75 Å². The Balaban J connectivity index is 1.82. The van der Waals surface area contributed by atoms with Crippen molar-refractivity contribution in [3.05, 3.63) is 12.4 Å². The molecule has 1 spiro atoms. The largest absolute Gasteiger partial charge is 0.493 e. The maximum atomic E-state index is 11.9. The predicted octanol–water partition coefficient (Wildman–Crippen LogP) is 2.18. The molecule has 2 fully saturated rings. The van der Waals surface area contributed by atoms with E-state index in [1.807, 2.05) is 0 Å². The number of aliphatic carboxylic acids is 1. The molecule has 1 aromatic heterocycles. The molecular formula is C15H22N2O4. The van der Waals surface area contributed by atoms with Crippen LogP contribution < -0.4 is 4.74 Å². The molecule has 1 aliphatic carbocycles. The summed E-state index contributed by atoms with van der Waals surface area (Å²) >= 11 is 0. The number of carboxylic acids is 1. The number of methoxy groups -OCH3 is 1. The van der Waals surface area contributed by atoms with Crippen molar-refractivity contribution in [2.75, 3.05) is 13.7 Å². The van der Waals surface area contributed by atoms with Crippen LogP contribution in [0.3, 0.4) is 0 Å². The van der Waals surface area contributed by atoms with Crippen LogP contribution in [-0.4, -0.2) is 40.2 Å². The molecule has 6 heteroatoms. The second kappa shape index (κ2) is 5.33. The van der Waals surface area contributed by atoms with Crippen LogP contribution >= 0.6 is 0 Å². The number of hydrogen-bond donors (Lipinski definition) is 1. The van der Waals surface area contributed by atoms with Crippen LogP contribution in [0.1, 0.15) is 44.9 Å². The van der Waals surface area contributed by atoms with Gasteiger partial charge in [-0.15, -0.1) is 0 Å². The first-order valence-corrected chi connectivity index (χ1v) is 7.57.